The van der Waals surface area contributed by atoms with Crippen molar-refractivity contribution in [2.45, 2.75) is 13.8 Å². The first-order valence-electron chi connectivity index (χ1n) is 25.5. The third-order valence-electron chi connectivity index (χ3n) is 15.8. The summed E-state index contributed by atoms with van der Waals surface area (Å²) in [6.07, 6.45) is 0. The van der Waals surface area contributed by atoms with Crippen LogP contribution in [0.15, 0.2) is 231 Å². The van der Waals surface area contributed by atoms with Gasteiger partial charge in [-0.2, -0.15) is 0 Å². The lowest BCUT2D eigenvalue weighted by molar-refractivity contribution is 0.464. The van der Waals surface area contributed by atoms with Crippen molar-refractivity contribution in [3.8, 4) is 62.3 Å². The maximum Gasteiger partial charge on any atom is 0.260 e. The number of aryl methyl sites for hydroxylation is 2. The minimum Gasteiger partial charge on any atom is -0.458 e. The minimum atomic E-state index is -0.00170. The Bertz CT molecular complexity index is 4410. The zero-order valence-corrected chi connectivity index (χ0v) is 40.7. The van der Waals surface area contributed by atoms with Crippen LogP contribution >= 0.6 is 0 Å². The average molecular weight is 946 g/mol. The summed E-state index contributed by atoms with van der Waals surface area (Å²) in [5.74, 6) is 3.38. The summed E-state index contributed by atoms with van der Waals surface area (Å²) in [4.78, 5) is 0. The first-order valence-corrected chi connectivity index (χ1v) is 25.5. The van der Waals surface area contributed by atoms with E-state index in [1.54, 1.807) is 0 Å². The molecule has 0 bridgehead atoms. The maximum atomic E-state index is 6.87. The lowest BCUT2D eigenvalue weighted by Gasteiger charge is -2.33. The molecule has 0 fully saturated rings. The number of hydrogen-bond donors (Lipinski definition) is 0. The number of aromatic nitrogens is 3. The number of para-hydroxylation sites is 4. The summed E-state index contributed by atoms with van der Waals surface area (Å²) in [5.41, 5.74) is 20.8. The highest BCUT2D eigenvalue weighted by Crippen LogP contribution is 2.44. The van der Waals surface area contributed by atoms with Gasteiger partial charge in [-0.05, 0) is 156 Å². The summed E-state index contributed by atoms with van der Waals surface area (Å²) in [6, 6.07) is 84.3. The molecule has 0 amide bonds. The van der Waals surface area contributed by atoms with Gasteiger partial charge >= 0.3 is 0 Å². The number of benzene rings is 11. The Hall–Kier alpha value is -9.52. The summed E-state index contributed by atoms with van der Waals surface area (Å²) >= 11 is 0. The fraction of sp³-hybridized carbons (Fsp3) is 0.0294. The number of rotatable bonds is 5. The molecule has 0 aliphatic carbocycles. The van der Waals surface area contributed by atoms with E-state index in [1.807, 2.05) is 0 Å². The highest BCUT2D eigenvalue weighted by molar-refractivity contribution is 6.98. The first-order chi connectivity index (χ1) is 36.5. The fourth-order valence-electron chi connectivity index (χ4n) is 12.5. The Morgan fingerprint density at radius 2 is 0.608 bits per heavy atom. The van der Waals surface area contributed by atoms with Crippen LogP contribution < -0.4 is 25.9 Å². The van der Waals surface area contributed by atoms with Crippen molar-refractivity contribution in [2.24, 2.45) is 0 Å². The molecular formula is C68H44BN3O2. The Labute approximate surface area is 427 Å². The van der Waals surface area contributed by atoms with E-state index in [2.05, 4.69) is 258 Å². The van der Waals surface area contributed by atoms with Gasteiger partial charge in [0.05, 0.1) is 38.8 Å². The van der Waals surface area contributed by atoms with E-state index in [0.29, 0.717) is 0 Å². The standard InChI is InChI=1S/C68H44BN3O2/c1-41-21-27-58-50(33-41)52-35-43(23-29-60(52)70(58)47-13-5-3-6-14-47)45-25-31-62-54(37-45)55-38-46(44-24-30-61-53(36-44)51-34-42(2)22-28-59(51)71(61)48-15-7-4-8-16-48)26-32-63(55)72(62)49-39-66-68-67(40-49)74-65-20-12-10-18-57(65)69(68)56-17-9-11-19-64(56)73-66/h3-40H,1-2H3. The zero-order chi connectivity index (χ0) is 48.8. The number of ether oxygens (including phenoxy) is 2. The molecule has 5 nitrogen and oxygen atoms in total. The third kappa shape index (κ3) is 6.00. The van der Waals surface area contributed by atoms with Crippen LogP contribution in [-0.4, -0.2) is 20.4 Å². The van der Waals surface area contributed by atoms with Crippen molar-refractivity contribution in [1.29, 1.82) is 0 Å². The van der Waals surface area contributed by atoms with Crippen molar-refractivity contribution in [3.05, 3.63) is 242 Å². The van der Waals surface area contributed by atoms with E-state index < -0.39 is 0 Å². The molecule has 0 atom stereocenters. The Morgan fingerprint density at radius 3 is 1.00 bits per heavy atom. The predicted molar refractivity (Wildman–Crippen MR) is 307 cm³/mol. The van der Waals surface area contributed by atoms with Crippen molar-refractivity contribution < 1.29 is 9.47 Å². The summed E-state index contributed by atoms with van der Waals surface area (Å²) < 4.78 is 20.9. The van der Waals surface area contributed by atoms with Gasteiger partial charge in [-0.15, -0.1) is 0 Å². The van der Waals surface area contributed by atoms with E-state index in [1.165, 1.54) is 76.6 Å². The Kier molecular flexibility index (Phi) is 8.61. The lowest BCUT2D eigenvalue weighted by Crippen LogP contribution is -2.57. The van der Waals surface area contributed by atoms with Crippen LogP contribution in [0.5, 0.6) is 23.0 Å². The van der Waals surface area contributed by atoms with E-state index in [-0.39, 0.29) is 6.71 Å². The average Bonchev–Trinajstić information content (AvgIpc) is 4.07. The second-order valence-corrected chi connectivity index (χ2v) is 20.2. The first kappa shape index (κ1) is 41.1. The lowest BCUT2D eigenvalue weighted by atomic mass is 9.35. The normalized spacial score (nSPS) is 12.6. The molecule has 5 heterocycles. The van der Waals surface area contributed by atoms with E-state index in [4.69, 9.17) is 9.47 Å². The molecule has 3 aromatic heterocycles. The van der Waals surface area contributed by atoms with Gasteiger partial charge in [-0.25, -0.2) is 0 Å². The smallest absolute Gasteiger partial charge is 0.260 e. The van der Waals surface area contributed by atoms with Crippen LogP contribution in [0.25, 0.3) is 105 Å². The number of hydrogen-bond acceptors (Lipinski definition) is 2. The van der Waals surface area contributed by atoms with Gasteiger partial charge in [0.1, 0.15) is 23.0 Å². The van der Waals surface area contributed by atoms with Crippen LogP contribution in [0.3, 0.4) is 0 Å². The number of nitrogens with zero attached hydrogens (tertiary/aromatic N) is 3. The largest absolute Gasteiger partial charge is 0.458 e. The number of fused-ring (bicyclic) bond motifs is 13. The second-order valence-electron chi connectivity index (χ2n) is 20.2. The molecule has 0 N–H and O–H groups in total. The van der Waals surface area contributed by atoms with Crippen molar-refractivity contribution in [2.75, 3.05) is 0 Å². The highest BCUT2D eigenvalue weighted by atomic mass is 16.5. The van der Waals surface area contributed by atoms with Crippen LogP contribution in [0, 0.1) is 13.8 Å². The molecule has 2 aliphatic rings. The van der Waals surface area contributed by atoms with Crippen LogP contribution in [-0.2, 0) is 0 Å². The van der Waals surface area contributed by atoms with E-state index >= 15 is 0 Å². The minimum absolute atomic E-state index is 0.00170. The van der Waals surface area contributed by atoms with E-state index in [9.17, 15) is 0 Å². The highest BCUT2D eigenvalue weighted by Gasteiger charge is 2.40. The van der Waals surface area contributed by atoms with Gasteiger partial charge in [0, 0.05) is 61.3 Å². The molecule has 6 heteroatoms. The van der Waals surface area contributed by atoms with Crippen molar-refractivity contribution in [3.63, 3.8) is 0 Å². The quantitative estimate of drug-likeness (QED) is 0.161. The van der Waals surface area contributed by atoms with Crippen molar-refractivity contribution in [1.82, 2.24) is 13.7 Å². The van der Waals surface area contributed by atoms with Gasteiger partial charge in [0.2, 0.25) is 0 Å². The van der Waals surface area contributed by atoms with Crippen LogP contribution in [0.2, 0.25) is 0 Å². The van der Waals surface area contributed by atoms with Crippen LogP contribution in [0.4, 0.5) is 0 Å². The molecule has 0 saturated heterocycles. The molecule has 0 saturated carbocycles. The molecule has 11 aromatic carbocycles. The SMILES string of the molecule is Cc1ccc2c(c1)c1cc(-c3ccc4c(c3)c3cc(-c5ccc6c(c5)c5cc(C)ccc5n6-c5ccccc5)ccc3n4-c3cc4c5c(c3)Oc3ccccc3B5c3ccccc3O4)ccc1n2-c1ccccc1. The monoisotopic (exact) mass is 945 g/mol. The molecule has 0 unspecified atom stereocenters. The Morgan fingerprint density at radius 1 is 0.284 bits per heavy atom. The van der Waals surface area contributed by atoms with Crippen molar-refractivity contribution >= 4 is 88.5 Å². The molecule has 14 aromatic rings. The zero-order valence-electron chi connectivity index (χ0n) is 40.7. The second kappa shape index (κ2) is 15.5. The van der Waals surface area contributed by atoms with E-state index in [0.717, 1.165) is 78.6 Å². The van der Waals surface area contributed by atoms with Gasteiger partial charge < -0.3 is 23.2 Å². The predicted octanol–water partition coefficient (Wildman–Crippen LogP) is 15.7. The third-order valence-corrected chi connectivity index (χ3v) is 15.8. The summed E-state index contributed by atoms with van der Waals surface area (Å²) in [6.45, 7) is 4.36. The van der Waals surface area contributed by atoms with Gasteiger partial charge in [0.25, 0.3) is 6.71 Å². The topological polar surface area (TPSA) is 33.2 Å². The van der Waals surface area contributed by atoms with Gasteiger partial charge in [-0.3, -0.25) is 0 Å². The van der Waals surface area contributed by atoms with Gasteiger partial charge in [0.15, 0.2) is 0 Å². The molecule has 0 spiro atoms. The molecule has 0 radical (unpaired) electrons. The maximum absolute atomic E-state index is 6.87. The van der Waals surface area contributed by atoms with Crippen LogP contribution in [0.1, 0.15) is 11.1 Å². The van der Waals surface area contributed by atoms with Gasteiger partial charge in [-0.1, -0.05) is 120 Å². The summed E-state index contributed by atoms with van der Waals surface area (Å²) in [7, 11) is 0. The molecule has 16 rings (SSSR count). The fourth-order valence-corrected chi connectivity index (χ4v) is 12.5. The molecular weight excluding hydrogens is 902 g/mol. The Balaban J connectivity index is 0.917. The molecule has 2 aliphatic heterocycles. The molecule has 346 valence electrons. The summed E-state index contributed by atoms with van der Waals surface area (Å²) in [5, 5.41) is 7.31. The molecule has 74 heavy (non-hydrogen) atoms.